The fraction of sp³-hybridized carbons (Fsp3) is 0.500. The summed E-state index contributed by atoms with van der Waals surface area (Å²) in [6.45, 7) is 5.56. The summed E-state index contributed by atoms with van der Waals surface area (Å²) >= 11 is 0. The molecule has 0 N–H and O–H groups in total. The number of esters is 1. The molecule has 1 aliphatic rings. The average Bonchev–Trinajstić information content (AvgIpc) is 3.12. The fourth-order valence-electron chi connectivity index (χ4n) is 3.93. The van der Waals surface area contributed by atoms with Gasteiger partial charge in [-0.05, 0) is 19.8 Å². The molecule has 7 nitrogen and oxygen atoms in total. The molecule has 1 aromatic heterocycles. The number of imidazole rings is 1. The second-order valence-corrected chi connectivity index (χ2v) is 7.08. The third-order valence-electron chi connectivity index (χ3n) is 5.31. The van der Waals surface area contributed by atoms with Gasteiger partial charge in [-0.25, -0.2) is 9.78 Å². The Balaban J connectivity index is 1.95. The molecule has 1 fully saturated rings. The van der Waals surface area contributed by atoms with Gasteiger partial charge < -0.3 is 18.9 Å². The molecule has 2 heterocycles. The lowest BCUT2D eigenvalue weighted by atomic mass is 10.0. The summed E-state index contributed by atoms with van der Waals surface area (Å²) < 4.78 is 12.3. The summed E-state index contributed by atoms with van der Waals surface area (Å²) in [5.74, 6) is 0.656. The molecule has 1 amide bonds. The molecule has 3 rings (SSSR count). The SMILES string of the molecule is CCOC(=O)N1CCC(n2c(CC)nc(CC(=O)OC)c2-c2ccccc2)CC1. The van der Waals surface area contributed by atoms with Crippen LogP contribution in [-0.2, 0) is 27.1 Å². The zero-order valence-corrected chi connectivity index (χ0v) is 17.4. The molecule has 0 atom stereocenters. The van der Waals surface area contributed by atoms with Crippen molar-refractivity contribution >= 4 is 12.1 Å². The molecule has 0 aliphatic carbocycles. The number of ether oxygens (including phenoxy) is 2. The highest BCUT2D eigenvalue weighted by Gasteiger charge is 2.29. The topological polar surface area (TPSA) is 73.7 Å². The first kappa shape index (κ1) is 20.9. The maximum absolute atomic E-state index is 12.0. The number of amides is 1. The Kier molecular flexibility index (Phi) is 6.90. The van der Waals surface area contributed by atoms with Gasteiger partial charge in [0.2, 0.25) is 0 Å². The Hall–Kier alpha value is -2.83. The summed E-state index contributed by atoms with van der Waals surface area (Å²) in [5, 5.41) is 0. The number of rotatable bonds is 6. The second kappa shape index (κ2) is 9.58. The van der Waals surface area contributed by atoms with E-state index in [9.17, 15) is 9.59 Å². The Morgan fingerprint density at radius 2 is 1.83 bits per heavy atom. The van der Waals surface area contributed by atoms with Crippen LogP contribution >= 0.6 is 0 Å². The average molecular weight is 399 g/mol. The predicted octanol–water partition coefficient (Wildman–Crippen LogP) is 3.62. The zero-order chi connectivity index (χ0) is 20.8. The molecule has 0 unspecified atom stereocenters. The second-order valence-electron chi connectivity index (χ2n) is 7.08. The van der Waals surface area contributed by atoms with E-state index in [-0.39, 0.29) is 24.5 Å². The van der Waals surface area contributed by atoms with Crippen molar-refractivity contribution in [3.8, 4) is 11.3 Å². The molecule has 1 aromatic carbocycles. The van der Waals surface area contributed by atoms with Crippen molar-refractivity contribution in [1.82, 2.24) is 14.5 Å². The van der Waals surface area contributed by atoms with E-state index in [0.29, 0.717) is 19.7 Å². The minimum atomic E-state index is -0.299. The van der Waals surface area contributed by atoms with Crippen molar-refractivity contribution in [1.29, 1.82) is 0 Å². The van der Waals surface area contributed by atoms with Gasteiger partial charge in [-0.2, -0.15) is 0 Å². The smallest absolute Gasteiger partial charge is 0.409 e. The van der Waals surface area contributed by atoms with Crippen LogP contribution in [0.4, 0.5) is 4.79 Å². The van der Waals surface area contributed by atoms with E-state index in [4.69, 9.17) is 14.5 Å². The van der Waals surface area contributed by atoms with Crippen molar-refractivity contribution in [2.45, 2.75) is 45.6 Å². The van der Waals surface area contributed by atoms with Crippen LogP contribution < -0.4 is 0 Å². The van der Waals surface area contributed by atoms with Gasteiger partial charge in [0.1, 0.15) is 5.82 Å². The highest BCUT2D eigenvalue weighted by Crippen LogP contribution is 2.34. The normalized spacial score (nSPS) is 14.7. The maximum atomic E-state index is 12.0. The van der Waals surface area contributed by atoms with Crippen molar-refractivity contribution < 1.29 is 19.1 Å². The zero-order valence-electron chi connectivity index (χ0n) is 17.4. The number of hydrogen-bond donors (Lipinski definition) is 0. The minimum absolute atomic E-state index is 0.141. The molecule has 1 aliphatic heterocycles. The summed E-state index contributed by atoms with van der Waals surface area (Å²) in [4.78, 5) is 30.6. The Bertz CT molecular complexity index is 839. The van der Waals surface area contributed by atoms with Crippen molar-refractivity contribution in [2.24, 2.45) is 0 Å². The summed E-state index contributed by atoms with van der Waals surface area (Å²) in [6, 6.07) is 10.3. The highest BCUT2D eigenvalue weighted by atomic mass is 16.6. The number of hydrogen-bond acceptors (Lipinski definition) is 5. The molecule has 29 heavy (non-hydrogen) atoms. The molecule has 7 heteroatoms. The van der Waals surface area contributed by atoms with Gasteiger partial charge in [0, 0.05) is 31.1 Å². The number of likely N-dealkylation sites (tertiary alicyclic amines) is 1. The van der Waals surface area contributed by atoms with Crippen LogP contribution in [0.5, 0.6) is 0 Å². The third kappa shape index (κ3) is 4.60. The molecular formula is C22H29N3O4. The van der Waals surface area contributed by atoms with E-state index in [1.165, 1.54) is 7.11 Å². The first-order valence-electron chi connectivity index (χ1n) is 10.2. The Morgan fingerprint density at radius 3 is 2.41 bits per heavy atom. The number of methoxy groups -OCH3 is 1. The number of carbonyl (C=O) groups is 2. The lowest BCUT2D eigenvalue weighted by Gasteiger charge is -2.33. The summed E-state index contributed by atoms with van der Waals surface area (Å²) in [5.41, 5.74) is 2.75. The molecule has 0 bridgehead atoms. The van der Waals surface area contributed by atoms with Gasteiger partial charge in [-0.3, -0.25) is 4.79 Å². The summed E-state index contributed by atoms with van der Waals surface area (Å²) in [6.07, 6.45) is 2.29. The van der Waals surface area contributed by atoms with E-state index in [0.717, 1.165) is 42.0 Å². The molecule has 0 saturated carbocycles. The van der Waals surface area contributed by atoms with Crippen molar-refractivity contribution in [3.05, 3.63) is 41.9 Å². The third-order valence-corrected chi connectivity index (χ3v) is 5.31. The quantitative estimate of drug-likeness (QED) is 0.694. The summed E-state index contributed by atoms with van der Waals surface area (Å²) in [7, 11) is 1.40. The Morgan fingerprint density at radius 1 is 1.14 bits per heavy atom. The number of nitrogens with zero attached hydrogens (tertiary/aromatic N) is 3. The fourth-order valence-corrected chi connectivity index (χ4v) is 3.93. The van der Waals surface area contributed by atoms with Crippen LogP contribution in [0.1, 0.15) is 44.2 Å². The van der Waals surface area contributed by atoms with Gasteiger partial charge in [0.15, 0.2) is 0 Å². The van der Waals surface area contributed by atoms with Crippen molar-refractivity contribution in [3.63, 3.8) is 0 Å². The van der Waals surface area contributed by atoms with Crippen LogP contribution in [0.15, 0.2) is 30.3 Å². The standard InChI is InChI=1S/C22H29N3O4/c1-4-19-23-18(15-20(26)28-3)21(16-9-7-6-8-10-16)25(19)17-11-13-24(14-12-17)22(27)29-5-2/h6-10,17H,4-5,11-15H2,1-3H3. The van der Waals surface area contributed by atoms with E-state index in [1.807, 2.05) is 37.3 Å². The molecule has 156 valence electrons. The molecule has 0 radical (unpaired) electrons. The van der Waals surface area contributed by atoms with Gasteiger partial charge in [-0.1, -0.05) is 37.3 Å². The largest absolute Gasteiger partial charge is 0.469 e. The van der Waals surface area contributed by atoms with Gasteiger partial charge in [0.25, 0.3) is 0 Å². The van der Waals surface area contributed by atoms with E-state index < -0.39 is 0 Å². The van der Waals surface area contributed by atoms with E-state index in [1.54, 1.807) is 4.90 Å². The molecule has 0 spiro atoms. The first-order chi connectivity index (χ1) is 14.1. The van der Waals surface area contributed by atoms with Crippen LogP contribution in [0.3, 0.4) is 0 Å². The minimum Gasteiger partial charge on any atom is -0.469 e. The molecule has 1 saturated heterocycles. The van der Waals surface area contributed by atoms with E-state index >= 15 is 0 Å². The number of aryl methyl sites for hydroxylation is 1. The van der Waals surface area contributed by atoms with Crippen molar-refractivity contribution in [2.75, 3.05) is 26.8 Å². The molecule has 2 aromatic rings. The number of benzene rings is 1. The lowest BCUT2D eigenvalue weighted by molar-refractivity contribution is -0.139. The Labute approximate surface area is 171 Å². The van der Waals surface area contributed by atoms with Crippen LogP contribution in [-0.4, -0.2) is 53.3 Å². The lowest BCUT2D eigenvalue weighted by Crippen LogP contribution is -2.39. The van der Waals surface area contributed by atoms with Gasteiger partial charge >= 0.3 is 12.1 Å². The van der Waals surface area contributed by atoms with Crippen LogP contribution in [0.25, 0.3) is 11.3 Å². The van der Waals surface area contributed by atoms with Crippen LogP contribution in [0.2, 0.25) is 0 Å². The van der Waals surface area contributed by atoms with E-state index in [2.05, 4.69) is 11.5 Å². The first-order valence-corrected chi connectivity index (χ1v) is 10.2. The van der Waals surface area contributed by atoms with Crippen LogP contribution in [0, 0.1) is 0 Å². The van der Waals surface area contributed by atoms with Gasteiger partial charge in [0.05, 0.1) is 31.5 Å². The maximum Gasteiger partial charge on any atom is 0.409 e. The predicted molar refractivity (Wildman–Crippen MR) is 110 cm³/mol. The van der Waals surface area contributed by atoms with Gasteiger partial charge in [-0.15, -0.1) is 0 Å². The molecular weight excluding hydrogens is 370 g/mol. The highest BCUT2D eigenvalue weighted by molar-refractivity contribution is 5.76. The number of aromatic nitrogens is 2. The number of carbonyl (C=O) groups excluding carboxylic acids is 2. The monoisotopic (exact) mass is 399 g/mol. The number of piperidine rings is 1.